The van der Waals surface area contributed by atoms with Gasteiger partial charge in [-0.2, -0.15) is 0 Å². The third-order valence-corrected chi connectivity index (χ3v) is 3.83. The predicted octanol–water partition coefficient (Wildman–Crippen LogP) is 2.47. The van der Waals surface area contributed by atoms with Crippen LogP contribution in [0.2, 0.25) is 0 Å². The fourth-order valence-corrected chi connectivity index (χ4v) is 2.74. The smallest absolute Gasteiger partial charge is 0.181 e. The van der Waals surface area contributed by atoms with Gasteiger partial charge in [0.05, 0.1) is 20.1 Å². The van der Waals surface area contributed by atoms with Crippen LogP contribution in [0.15, 0.2) is 30.3 Å². The molecule has 2 aromatic rings. The Morgan fingerprint density at radius 2 is 1.74 bits per heavy atom. The van der Waals surface area contributed by atoms with Crippen molar-refractivity contribution in [2.24, 2.45) is 0 Å². The summed E-state index contributed by atoms with van der Waals surface area (Å²) in [5.74, 6) is 0.205. The first kappa shape index (κ1) is 15.0. The summed E-state index contributed by atoms with van der Waals surface area (Å²) in [6.07, 6.45) is 0. The SMILES string of the molecule is COc1cc(O)ccc1[C@H]1COc2cc(O)cc(OC)c2C1=O. The Balaban J connectivity index is 2.08. The zero-order valence-corrected chi connectivity index (χ0v) is 12.7. The molecule has 3 rings (SSSR count). The van der Waals surface area contributed by atoms with Crippen LogP contribution in [0.25, 0.3) is 0 Å². The number of Topliss-reactive ketones (excluding diaryl/α,β-unsaturated/α-hetero) is 1. The summed E-state index contributed by atoms with van der Waals surface area (Å²) in [6.45, 7) is 0.111. The number of ketones is 1. The topological polar surface area (TPSA) is 85.2 Å². The van der Waals surface area contributed by atoms with Crippen LogP contribution in [-0.2, 0) is 0 Å². The Morgan fingerprint density at radius 3 is 2.43 bits per heavy atom. The van der Waals surface area contributed by atoms with Crippen LogP contribution in [0.1, 0.15) is 21.8 Å². The highest BCUT2D eigenvalue weighted by Crippen LogP contribution is 2.42. The Labute approximate surface area is 132 Å². The molecule has 2 N–H and O–H groups in total. The van der Waals surface area contributed by atoms with Crippen molar-refractivity contribution in [2.75, 3.05) is 20.8 Å². The van der Waals surface area contributed by atoms with Gasteiger partial charge in [-0.1, -0.05) is 6.07 Å². The van der Waals surface area contributed by atoms with Gasteiger partial charge in [-0.3, -0.25) is 4.79 Å². The van der Waals surface area contributed by atoms with Gasteiger partial charge in [0.2, 0.25) is 0 Å². The molecule has 0 aliphatic carbocycles. The molecule has 1 heterocycles. The molecule has 0 radical (unpaired) electrons. The van der Waals surface area contributed by atoms with Crippen molar-refractivity contribution in [3.05, 3.63) is 41.5 Å². The van der Waals surface area contributed by atoms with Gasteiger partial charge in [0.15, 0.2) is 5.78 Å². The summed E-state index contributed by atoms with van der Waals surface area (Å²) in [7, 11) is 2.89. The van der Waals surface area contributed by atoms with Crippen molar-refractivity contribution >= 4 is 5.78 Å². The first-order chi connectivity index (χ1) is 11.0. The van der Waals surface area contributed by atoms with E-state index in [1.54, 1.807) is 6.07 Å². The van der Waals surface area contributed by atoms with E-state index in [9.17, 15) is 15.0 Å². The molecule has 2 aromatic carbocycles. The van der Waals surface area contributed by atoms with Crippen molar-refractivity contribution in [3.8, 4) is 28.7 Å². The Morgan fingerprint density at radius 1 is 1.04 bits per heavy atom. The van der Waals surface area contributed by atoms with Crippen molar-refractivity contribution < 1.29 is 29.2 Å². The first-order valence-corrected chi connectivity index (χ1v) is 7.00. The minimum absolute atomic E-state index is 0.0333. The Kier molecular flexibility index (Phi) is 3.73. The largest absolute Gasteiger partial charge is 0.508 e. The Bertz CT molecular complexity index is 751. The molecule has 0 saturated heterocycles. The number of ether oxygens (including phenoxy) is 3. The zero-order chi connectivity index (χ0) is 16.6. The number of rotatable bonds is 3. The fourth-order valence-electron chi connectivity index (χ4n) is 2.74. The second-order valence-corrected chi connectivity index (χ2v) is 5.18. The number of hydrogen-bond donors (Lipinski definition) is 2. The molecule has 0 amide bonds. The van der Waals surface area contributed by atoms with E-state index in [1.165, 1.54) is 38.5 Å². The molecule has 0 saturated carbocycles. The lowest BCUT2D eigenvalue weighted by atomic mass is 9.88. The van der Waals surface area contributed by atoms with Crippen LogP contribution in [0.4, 0.5) is 0 Å². The van der Waals surface area contributed by atoms with Crippen LogP contribution < -0.4 is 14.2 Å². The molecule has 0 unspecified atom stereocenters. The van der Waals surface area contributed by atoms with Crippen molar-refractivity contribution in [1.29, 1.82) is 0 Å². The number of hydrogen-bond acceptors (Lipinski definition) is 6. The Hall–Kier alpha value is -2.89. The number of methoxy groups -OCH3 is 2. The normalized spacial score (nSPS) is 16.4. The molecule has 23 heavy (non-hydrogen) atoms. The molecule has 0 spiro atoms. The maximum Gasteiger partial charge on any atom is 0.181 e. The minimum atomic E-state index is -0.587. The lowest BCUT2D eigenvalue weighted by Gasteiger charge is -2.26. The first-order valence-electron chi connectivity index (χ1n) is 7.00. The summed E-state index contributed by atoms with van der Waals surface area (Å²) < 4.78 is 16.1. The maximum absolute atomic E-state index is 12.9. The average Bonchev–Trinajstić information content (AvgIpc) is 2.54. The van der Waals surface area contributed by atoms with Gasteiger partial charge in [-0.15, -0.1) is 0 Å². The van der Waals surface area contributed by atoms with Crippen molar-refractivity contribution in [3.63, 3.8) is 0 Å². The summed E-state index contributed by atoms with van der Waals surface area (Å²) >= 11 is 0. The van der Waals surface area contributed by atoms with E-state index in [4.69, 9.17) is 14.2 Å². The van der Waals surface area contributed by atoms with Gasteiger partial charge in [0.25, 0.3) is 0 Å². The van der Waals surface area contributed by atoms with E-state index >= 15 is 0 Å². The van der Waals surface area contributed by atoms with Gasteiger partial charge in [0, 0.05) is 23.8 Å². The van der Waals surface area contributed by atoms with Crippen LogP contribution in [0, 0.1) is 0 Å². The van der Waals surface area contributed by atoms with Crippen LogP contribution in [0.3, 0.4) is 0 Å². The summed E-state index contributed by atoms with van der Waals surface area (Å²) in [5.41, 5.74) is 0.910. The molecule has 6 heteroatoms. The highest BCUT2D eigenvalue weighted by atomic mass is 16.5. The monoisotopic (exact) mass is 316 g/mol. The van der Waals surface area contributed by atoms with Crippen LogP contribution in [0.5, 0.6) is 28.7 Å². The standard InChI is InChI=1S/C17H16O6/c1-21-13-5-9(18)3-4-11(13)12-8-23-15-7-10(19)6-14(22-2)16(15)17(12)20/h3-7,12,18-19H,8H2,1-2H3/t12-/m1/s1. The maximum atomic E-state index is 12.9. The van der Waals surface area contributed by atoms with Gasteiger partial charge in [-0.05, 0) is 6.07 Å². The summed E-state index contributed by atoms with van der Waals surface area (Å²) in [4.78, 5) is 12.9. The molecule has 1 aliphatic heterocycles. The zero-order valence-electron chi connectivity index (χ0n) is 12.7. The van der Waals surface area contributed by atoms with Crippen molar-refractivity contribution in [1.82, 2.24) is 0 Å². The predicted molar refractivity (Wildman–Crippen MR) is 81.9 cm³/mol. The molecular weight excluding hydrogens is 300 g/mol. The lowest BCUT2D eigenvalue weighted by molar-refractivity contribution is 0.0889. The van der Waals surface area contributed by atoms with Crippen LogP contribution >= 0.6 is 0 Å². The number of carbonyl (C=O) groups excluding carboxylic acids is 1. The average molecular weight is 316 g/mol. The highest BCUT2D eigenvalue weighted by Gasteiger charge is 2.35. The van der Waals surface area contributed by atoms with E-state index in [2.05, 4.69) is 0 Å². The molecule has 0 fully saturated rings. The van der Waals surface area contributed by atoms with Crippen LogP contribution in [-0.4, -0.2) is 36.8 Å². The van der Waals surface area contributed by atoms with E-state index in [0.717, 1.165) is 0 Å². The molecular formula is C17H16O6. The minimum Gasteiger partial charge on any atom is -0.508 e. The van der Waals surface area contributed by atoms with Gasteiger partial charge in [0.1, 0.15) is 40.9 Å². The van der Waals surface area contributed by atoms with Crippen molar-refractivity contribution in [2.45, 2.75) is 5.92 Å². The second-order valence-electron chi connectivity index (χ2n) is 5.18. The molecule has 0 bridgehead atoms. The second kappa shape index (κ2) is 5.72. The fraction of sp³-hybridized carbons (Fsp3) is 0.235. The number of fused-ring (bicyclic) bond motifs is 1. The summed E-state index contributed by atoms with van der Waals surface area (Å²) in [5, 5.41) is 19.2. The molecule has 0 aromatic heterocycles. The van der Waals surface area contributed by atoms with E-state index in [0.29, 0.717) is 17.1 Å². The van der Waals surface area contributed by atoms with Gasteiger partial charge in [-0.25, -0.2) is 0 Å². The number of aromatic hydroxyl groups is 2. The third-order valence-electron chi connectivity index (χ3n) is 3.83. The highest BCUT2D eigenvalue weighted by molar-refractivity contribution is 6.07. The quantitative estimate of drug-likeness (QED) is 0.905. The third kappa shape index (κ3) is 2.52. The lowest BCUT2D eigenvalue weighted by Crippen LogP contribution is -2.27. The number of carbonyl (C=O) groups is 1. The molecule has 1 atom stereocenters. The van der Waals surface area contributed by atoms with Gasteiger partial charge >= 0.3 is 0 Å². The molecule has 1 aliphatic rings. The van der Waals surface area contributed by atoms with E-state index < -0.39 is 5.92 Å². The molecule has 120 valence electrons. The van der Waals surface area contributed by atoms with E-state index in [-0.39, 0.29) is 35.2 Å². The van der Waals surface area contributed by atoms with Gasteiger partial charge < -0.3 is 24.4 Å². The number of phenols is 2. The summed E-state index contributed by atoms with van der Waals surface area (Å²) in [6, 6.07) is 7.34. The van der Waals surface area contributed by atoms with E-state index in [1.807, 2.05) is 0 Å². The number of benzene rings is 2. The molecule has 6 nitrogen and oxygen atoms in total. The number of phenolic OH excluding ortho intramolecular Hbond substituents is 2.